The number of hydrogen-bond acceptors (Lipinski definition) is 2. The van der Waals surface area contributed by atoms with Gasteiger partial charge in [0, 0.05) is 24.1 Å². The highest BCUT2D eigenvalue weighted by Crippen LogP contribution is 2.22. The summed E-state index contributed by atoms with van der Waals surface area (Å²) in [4.78, 5) is 2.50. The molecule has 1 aromatic rings. The number of likely N-dealkylation sites (tertiary alicyclic amines) is 1. The first-order chi connectivity index (χ1) is 9.54. The standard InChI is InChI=1S/C16H23BrFNO/c1-12-8-13(2)11-19(10-12)6-3-7-20-16-5-4-14(17)9-15(16)18/h4-5,9,12-13H,3,6-8,10-11H2,1-2H3. The van der Waals surface area contributed by atoms with Crippen LogP contribution in [0.4, 0.5) is 4.39 Å². The van der Waals surface area contributed by atoms with Crippen LogP contribution in [0, 0.1) is 17.7 Å². The van der Waals surface area contributed by atoms with Crippen LogP contribution in [-0.4, -0.2) is 31.1 Å². The van der Waals surface area contributed by atoms with Gasteiger partial charge in [-0.1, -0.05) is 29.8 Å². The lowest BCUT2D eigenvalue weighted by Crippen LogP contribution is -2.39. The molecule has 1 fully saturated rings. The molecule has 0 spiro atoms. The van der Waals surface area contributed by atoms with E-state index in [2.05, 4.69) is 34.7 Å². The normalized spacial score (nSPS) is 23.8. The van der Waals surface area contributed by atoms with Gasteiger partial charge in [0.15, 0.2) is 11.6 Å². The summed E-state index contributed by atoms with van der Waals surface area (Å²) in [7, 11) is 0. The van der Waals surface area contributed by atoms with Crippen LogP contribution in [0.2, 0.25) is 0 Å². The largest absolute Gasteiger partial charge is 0.490 e. The van der Waals surface area contributed by atoms with Crippen molar-refractivity contribution in [2.75, 3.05) is 26.2 Å². The zero-order valence-corrected chi connectivity index (χ0v) is 13.8. The molecule has 2 unspecified atom stereocenters. The summed E-state index contributed by atoms with van der Waals surface area (Å²) in [6, 6.07) is 4.90. The second kappa shape index (κ2) is 7.41. The maximum Gasteiger partial charge on any atom is 0.166 e. The molecule has 1 aliphatic heterocycles. The van der Waals surface area contributed by atoms with Crippen molar-refractivity contribution >= 4 is 15.9 Å². The predicted molar refractivity (Wildman–Crippen MR) is 83.6 cm³/mol. The van der Waals surface area contributed by atoms with Gasteiger partial charge in [-0.15, -0.1) is 0 Å². The van der Waals surface area contributed by atoms with Crippen molar-refractivity contribution in [3.8, 4) is 5.75 Å². The number of nitrogens with zero attached hydrogens (tertiary/aromatic N) is 1. The topological polar surface area (TPSA) is 12.5 Å². The smallest absolute Gasteiger partial charge is 0.166 e. The summed E-state index contributed by atoms with van der Waals surface area (Å²) in [5.41, 5.74) is 0. The second-order valence-electron chi connectivity index (χ2n) is 5.98. The van der Waals surface area contributed by atoms with E-state index in [-0.39, 0.29) is 5.82 Å². The minimum Gasteiger partial charge on any atom is -0.490 e. The van der Waals surface area contributed by atoms with Gasteiger partial charge in [-0.2, -0.15) is 0 Å². The molecule has 0 N–H and O–H groups in total. The summed E-state index contributed by atoms with van der Waals surface area (Å²) in [6.07, 6.45) is 2.27. The molecular formula is C16H23BrFNO. The SMILES string of the molecule is CC1CC(C)CN(CCCOc2ccc(Br)cc2F)C1. The molecule has 2 rings (SSSR count). The van der Waals surface area contributed by atoms with Gasteiger partial charge >= 0.3 is 0 Å². The minimum absolute atomic E-state index is 0.306. The summed E-state index contributed by atoms with van der Waals surface area (Å²) < 4.78 is 19.8. The van der Waals surface area contributed by atoms with Crippen LogP contribution in [0.15, 0.2) is 22.7 Å². The van der Waals surface area contributed by atoms with E-state index >= 15 is 0 Å². The number of halogens is 2. The van der Waals surface area contributed by atoms with Crippen LogP contribution in [0.3, 0.4) is 0 Å². The van der Waals surface area contributed by atoms with E-state index in [0.29, 0.717) is 12.4 Å². The van der Waals surface area contributed by atoms with Crippen LogP contribution in [0.1, 0.15) is 26.7 Å². The Bertz CT molecular complexity index is 430. The molecule has 4 heteroatoms. The molecule has 1 saturated heterocycles. The Labute approximate surface area is 129 Å². The number of ether oxygens (including phenoxy) is 1. The zero-order chi connectivity index (χ0) is 14.5. The van der Waals surface area contributed by atoms with E-state index < -0.39 is 0 Å². The van der Waals surface area contributed by atoms with Gasteiger partial charge in [-0.05, 0) is 42.9 Å². The van der Waals surface area contributed by atoms with Crippen molar-refractivity contribution in [3.05, 3.63) is 28.5 Å². The molecule has 0 amide bonds. The Kier molecular flexibility index (Phi) is 5.85. The Morgan fingerprint density at radius 1 is 1.30 bits per heavy atom. The van der Waals surface area contributed by atoms with Crippen molar-refractivity contribution in [2.45, 2.75) is 26.7 Å². The average Bonchev–Trinajstić information content (AvgIpc) is 2.35. The summed E-state index contributed by atoms with van der Waals surface area (Å²) in [6.45, 7) is 8.59. The fourth-order valence-electron chi connectivity index (χ4n) is 3.04. The van der Waals surface area contributed by atoms with E-state index in [9.17, 15) is 4.39 Å². The van der Waals surface area contributed by atoms with Crippen molar-refractivity contribution in [2.24, 2.45) is 11.8 Å². The van der Waals surface area contributed by atoms with Gasteiger partial charge in [0.25, 0.3) is 0 Å². The van der Waals surface area contributed by atoms with Crippen molar-refractivity contribution in [1.82, 2.24) is 4.90 Å². The van der Waals surface area contributed by atoms with Crippen LogP contribution in [0.5, 0.6) is 5.75 Å². The zero-order valence-electron chi connectivity index (χ0n) is 12.2. The van der Waals surface area contributed by atoms with Gasteiger partial charge in [-0.25, -0.2) is 4.39 Å². The first kappa shape index (κ1) is 15.8. The van der Waals surface area contributed by atoms with Crippen molar-refractivity contribution < 1.29 is 9.13 Å². The van der Waals surface area contributed by atoms with Gasteiger partial charge in [0.1, 0.15) is 0 Å². The molecular weight excluding hydrogens is 321 g/mol. The first-order valence-corrected chi connectivity index (χ1v) is 8.14. The molecule has 2 atom stereocenters. The van der Waals surface area contributed by atoms with Gasteiger partial charge in [0.2, 0.25) is 0 Å². The fraction of sp³-hybridized carbons (Fsp3) is 0.625. The lowest BCUT2D eigenvalue weighted by atomic mass is 9.92. The maximum atomic E-state index is 13.6. The summed E-state index contributed by atoms with van der Waals surface area (Å²) >= 11 is 3.24. The third-order valence-electron chi connectivity index (χ3n) is 3.71. The predicted octanol–water partition coefficient (Wildman–Crippen LogP) is 4.34. The third-order valence-corrected chi connectivity index (χ3v) is 4.21. The fourth-order valence-corrected chi connectivity index (χ4v) is 3.37. The average molecular weight is 344 g/mol. The van der Waals surface area contributed by atoms with Gasteiger partial charge in [-0.3, -0.25) is 0 Å². The van der Waals surface area contributed by atoms with E-state index in [1.54, 1.807) is 12.1 Å². The highest BCUT2D eigenvalue weighted by molar-refractivity contribution is 9.10. The van der Waals surface area contributed by atoms with Crippen LogP contribution in [-0.2, 0) is 0 Å². The molecule has 1 aromatic carbocycles. The monoisotopic (exact) mass is 343 g/mol. The molecule has 1 heterocycles. The molecule has 112 valence electrons. The molecule has 0 aromatic heterocycles. The van der Waals surface area contributed by atoms with Crippen LogP contribution < -0.4 is 4.74 Å². The number of piperidine rings is 1. The molecule has 0 aliphatic carbocycles. The number of benzene rings is 1. The van der Waals surface area contributed by atoms with Crippen molar-refractivity contribution in [3.63, 3.8) is 0 Å². The molecule has 1 aliphatic rings. The van der Waals surface area contributed by atoms with Gasteiger partial charge in [0.05, 0.1) is 6.61 Å². The molecule has 0 radical (unpaired) electrons. The van der Waals surface area contributed by atoms with Crippen LogP contribution in [0.25, 0.3) is 0 Å². The lowest BCUT2D eigenvalue weighted by molar-refractivity contribution is 0.132. The van der Waals surface area contributed by atoms with E-state index in [1.165, 1.54) is 25.6 Å². The quantitative estimate of drug-likeness (QED) is 0.737. The van der Waals surface area contributed by atoms with E-state index in [0.717, 1.165) is 29.3 Å². The number of hydrogen-bond donors (Lipinski definition) is 0. The second-order valence-corrected chi connectivity index (χ2v) is 6.90. The third kappa shape index (κ3) is 4.74. The molecule has 20 heavy (non-hydrogen) atoms. The maximum absolute atomic E-state index is 13.6. The molecule has 0 bridgehead atoms. The highest BCUT2D eigenvalue weighted by Gasteiger charge is 2.21. The Morgan fingerprint density at radius 3 is 2.65 bits per heavy atom. The first-order valence-electron chi connectivity index (χ1n) is 7.35. The summed E-state index contributed by atoms with van der Waals surface area (Å²) in [5.74, 6) is 1.60. The minimum atomic E-state index is -0.306. The Balaban J connectivity index is 1.71. The van der Waals surface area contributed by atoms with E-state index in [1.807, 2.05) is 0 Å². The van der Waals surface area contributed by atoms with Crippen LogP contribution >= 0.6 is 15.9 Å². The van der Waals surface area contributed by atoms with E-state index in [4.69, 9.17) is 4.74 Å². The van der Waals surface area contributed by atoms with Crippen molar-refractivity contribution in [1.29, 1.82) is 0 Å². The number of rotatable bonds is 5. The Hall–Kier alpha value is -0.610. The highest BCUT2D eigenvalue weighted by atomic mass is 79.9. The summed E-state index contributed by atoms with van der Waals surface area (Å²) in [5, 5.41) is 0. The lowest BCUT2D eigenvalue weighted by Gasteiger charge is -2.34. The molecule has 0 saturated carbocycles. The van der Waals surface area contributed by atoms with Gasteiger partial charge < -0.3 is 9.64 Å². The Morgan fingerprint density at radius 2 is 2.00 bits per heavy atom. The molecule has 2 nitrogen and oxygen atoms in total.